The summed E-state index contributed by atoms with van der Waals surface area (Å²) >= 11 is 0. The number of hydrogen-bond acceptors (Lipinski definition) is 6. The van der Waals surface area contributed by atoms with Crippen LogP contribution < -0.4 is 4.74 Å². The van der Waals surface area contributed by atoms with Crippen molar-refractivity contribution in [2.75, 3.05) is 19.8 Å². The fourth-order valence-corrected chi connectivity index (χ4v) is 6.71. The van der Waals surface area contributed by atoms with E-state index in [1.165, 1.54) is 4.90 Å². The molecule has 0 radical (unpaired) electrons. The maximum atomic E-state index is 13.8. The third-order valence-corrected chi connectivity index (χ3v) is 9.08. The summed E-state index contributed by atoms with van der Waals surface area (Å²) in [5.41, 5.74) is 2.38. The van der Waals surface area contributed by atoms with E-state index in [1.54, 1.807) is 24.3 Å². The summed E-state index contributed by atoms with van der Waals surface area (Å²) in [5.74, 6) is -0.206. The first-order chi connectivity index (χ1) is 22.4. The molecule has 1 aliphatic heterocycles. The molecule has 232 valence electrons. The van der Waals surface area contributed by atoms with Crippen LogP contribution in [0.5, 0.6) is 11.5 Å². The van der Waals surface area contributed by atoms with Crippen LogP contribution in [0.1, 0.15) is 76.2 Å². The summed E-state index contributed by atoms with van der Waals surface area (Å²) in [4.78, 5) is 42.4. The molecule has 0 aromatic heterocycles. The Hall–Kier alpha value is -5.17. The van der Waals surface area contributed by atoms with Gasteiger partial charge in [-0.25, -0.2) is 4.79 Å². The molecule has 0 aliphatic carbocycles. The Labute approximate surface area is 266 Å². The first kappa shape index (κ1) is 29.5. The van der Waals surface area contributed by atoms with Crippen LogP contribution in [0.4, 0.5) is 0 Å². The smallest absolute Gasteiger partial charge is 0.338 e. The minimum Gasteiger partial charge on any atom is -0.508 e. The SMILES string of the molecule is CCCCOC(=O)c1ccc2c3ccc4c5c(ccc(c6ccc(OCCCC)c1c62)c53)C(=O)N(CCc1ccc(O)cc1)C4=O. The zero-order chi connectivity index (χ0) is 31.9. The summed E-state index contributed by atoms with van der Waals surface area (Å²) < 4.78 is 11.9. The van der Waals surface area contributed by atoms with Gasteiger partial charge in [0.15, 0.2) is 0 Å². The van der Waals surface area contributed by atoms with Crippen LogP contribution in [-0.2, 0) is 11.2 Å². The normalized spacial score (nSPS) is 13.0. The number of carbonyl (C=O) groups excluding carboxylic acids is 3. The number of phenolic OH excluding ortho intramolecular Hbond substituents is 1. The predicted molar refractivity (Wildman–Crippen MR) is 180 cm³/mol. The standard InChI is InChI=1S/C39H35NO6/c1-3-5-21-45-32-18-17-28-26-12-15-30-35-29(37(42)40(38(30)43)20-19-23-7-9-24(41)10-8-23)14-11-25(33(26)35)27-13-16-31(36(32)34(27)28)39(44)46-22-6-4-2/h7-18,41H,3-6,19-22H2,1-2H3. The van der Waals surface area contributed by atoms with E-state index in [-0.39, 0.29) is 30.1 Å². The van der Waals surface area contributed by atoms with Crippen molar-refractivity contribution in [3.8, 4) is 11.5 Å². The Morgan fingerprint density at radius 2 is 1.24 bits per heavy atom. The van der Waals surface area contributed by atoms with Crippen LogP contribution in [0.3, 0.4) is 0 Å². The second kappa shape index (κ2) is 12.0. The fourth-order valence-electron chi connectivity index (χ4n) is 6.71. The Balaban J connectivity index is 1.39. The van der Waals surface area contributed by atoms with Crippen molar-refractivity contribution in [2.24, 2.45) is 0 Å². The number of hydrogen-bond donors (Lipinski definition) is 1. The van der Waals surface area contributed by atoms with Gasteiger partial charge in [0.25, 0.3) is 11.8 Å². The van der Waals surface area contributed by atoms with E-state index in [4.69, 9.17) is 9.47 Å². The van der Waals surface area contributed by atoms with E-state index in [0.29, 0.717) is 47.5 Å². The lowest BCUT2D eigenvalue weighted by molar-refractivity contribution is 0.0500. The van der Waals surface area contributed by atoms with Crippen LogP contribution in [0.15, 0.2) is 72.8 Å². The minimum absolute atomic E-state index is 0.170. The van der Waals surface area contributed by atoms with Gasteiger partial charge < -0.3 is 14.6 Å². The minimum atomic E-state index is -0.378. The molecule has 0 atom stereocenters. The summed E-state index contributed by atoms with van der Waals surface area (Å²) in [6, 6.07) is 22.0. The topological polar surface area (TPSA) is 93.1 Å². The Morgan fingerprint density at radius 1 is 0.674 bits per heavy atom. The van der Waals surface area contributed by atoms with Gasteiger partial charge in [-0.1, -0.05) is 63.1 Å². The number of unbranched alkanes of at least 4 members (excludes halogenated alkanes) is 2. The zero-order valence-electron chi connectivity index (χ0n) is 26.0. The first-order valence-corrected chi connectivity index (χ1v) is 16.1. The van der Waals surface area contributed by atoms with E-state index < -0.39 is 0 Å². The number of ether oxygens (including phenoxy) is 2. The van der Waals surface area contributed by atoms with E-state index >= 15 is 0 Å². The third kappa shape index (κ3) is 4.78. The number of benzene rings is 6. The fraction of sp³-hybridized carbons (Fsp3) is 0.256. The summed E-state index contributed by atoms with van der Waals surface area (Å²) in [7, 11) is 0. The first-order valence-electron chi connectivity index (χ1n) is 16.1. The number of phenols is 1. The molecule has 2 amide bonds. The zero-order valence-corrected chi connectivity index (χ0v) is 26.0. The Kier molecular flexibility index (Phi) is 7.69. The van der Waals surface area contributed by atoms with Crippen molar-refractivity contribution >= 4 is 60.9 Å². The van der Waals surface area contributed by atoms with Gasteiger partial charge in [0.1, 0.15) is 11.5 Å². The van der Waals surface area contributed by atoms with Crippen molar-refractivity contribution < 1.29 is 29.0 Å². The second-order valence-corrected chi connectivity index (χ2v) is 12.0. The molecule has 0 unspecified atom stereocenters. The number of esters is 1. The molecular weight excluding hydrogens is 578 g/mol. The largest absolute Gasteiger partial charge is 0.508 e. The lowest BCUT2D eigenvalue weighted by atomic mass is 9.84. The van der Waals surface area contributed by atoms with Crippen molar-refractivity contribution in [1.82, 2.24) is 4.90 Å². The average Bonchev–Trinajstić information content (AvgIpc) is 3.07. The van der Waals surface area contributed by atoms with Gasteiger partial charge in [0, 0.05) is 33.8 Å². The molecule has 0 bridgehead atoms. The molecule has 7 heteroatoms. The van der Waals surface area contributed by atoms with Gasteiger partial charge in [0.05, 0.1) is 18.8 Å². The average molecular weight is 614 g/mol. The predicted octanol–water partition coefficient (Wildman–Crippen LogP) is 8.42. The van der Waals surface area contributed by atoms with Gasteiger partial charge in [-0.15, -0.1) is 0 Å². The highest BCUT2D eigenvalue weighted by Crippen LogP contribution is 2.46. The monoisotopic (exact) mass is 613 g/mol. The summed E-state index contributed by atoms with van der Waals surface area (Å²) in [6.45, 7) is 5.28. The van der Waals surface area contributed by atoms with Gasteiger partial charge >= 0.3 is 5.97 Å². The van der Waals surface area contributed by atoms with Gasteiger partial charge in [-0.2, -0.15) is 0 Å². The Morgan fingerprint density at radius 3 is 1.87 bits per heavy atom. The summed E-state index contributed by atoms with van der Waals surface area (Å²) in [6.07, 6.45) is 4.07. The molecule has 1 heterocycles. The van der Waals surface area contributed by atoms with E-state index in [9.17, 15) is 19.5 Å². The molecule has 0 fully saturated rings. The second-order valence-electron chi connectivity index (χ2n) is 12.0. The number of imide groups is 1. The molecule has 46 heavy (non-hydrogen) atoms. The molecule has 1 N–H and O–H groups in total. The molecule has 7 rings (SSSR count). The van der Waals surface area contributed by atoms with E-state index in [2.05, 4.69) is 13.8 Å². The molecule has 6 aromatic rings. The van der Waals surface area contributed by atoms with Crippen LogP contribution >= 0.6 is 0 Å². The number of carbonyl (C=O) groups is 3. The van der Waals surface area contributed by atoms with Gasteiger partial charge in [-0.05, 0) is 88.2 Å². The van der Waals surface area contributed by atoms with Gasteiger partial charge in [0.2, 0.25) is 0 Å². The highest BCUT2D eigenvalue weighted by Gasteiger charge is 2.34. The van der Waals surface area contributed by atoms with Crippen molar-refractivity contribution in [3.05, 3.63) is 95.1 Å². The van der Waals surface area contributed by atoms with Crippen LogP contribution in [0.2, 0.25) is 0 Å². The molecule has 0 spiro atoms. The molecular formula is C39H35NO6. The van der Waals surface area contributed by atoms with Crippen molar-refractivity contribution in [2.45, 2.75) is 46.0 Å². The van der Waals surface area contributed by atoms with Crippen LogP contribution in [0, 0.1) is 0 Å². The van der Waals surface area contributed by atoms with Crippen LogP contribution in [0.25, 0.3) is 43.1 Å². The molecule has 1 aliphatic rings. The maximum absolute atomic E-state index is 13.8. The van der Waals surface area contributed by atoms with Crippen LogP contribution in [-0.4, -0.2) is 47.5 Å². The van der Waals surface area contributed by atoms with Crippen molar-refractivity contribution in [1.29, 1.82) is 0 Å². The summed E-state index contributed by atoms with van der Waals surface area (Å²) in [5, 5.41) is 16.4. The number of fused-ring (bicyclic) bond motifs is 2. The number of aromatic hydroxyl groups is 1. The Bertz CT molecular complexity index is 2080. The quantitative estimate of drug-likeness (QED) is 0.0518. The number of nitrogens with zero attached hydrogens (tertiary/aromatic N) is 1. The molecule has 0 saturated heterocycles. The lowest BCUT2D eigenvalue weighted by Crippen LogP contribution is -2.41. The van der Waals surface area contributed by atoms with E-state index in [1.807, 2.05) is 48.5 Å². The molecule has 7 nitrogen and oxygen atoms in total. The third-order valence-electron chi connectivity index (χ3n) is 9.08. The molecule has 6 aromatic carbocycles. The lowest BCUT2D eigenvalue weighted by Gasteiger charge is -2.28. The number of amides is 2. The van der Waals surface area contributed by atoms with Gasteiger partial charge in [-0.3, -0.25) is 14.5 Å². The maximum Gasteiger partial charge on any atom is 0.338 e. The van der Waals surface area contributed by atoms with Crippen molar-refractivity contribution in [3.63, 3.8) is 0 Å². The molecule has 0 saturated carbocycles. The highest BCUT2D eigenvalue weighted by atomic mass is 16.5. The number of rotatable bonds is 11. The van der Waals surface area contributed by atoms with E-state index in [0.717, 1.165) is 69.0 Å². The highest BCUT2D eigenvalue weighted by molar-refractivity contribution is 6.39.